The van der Waals surface area contributed by atoms with Gasteiger partial charge >= 0.3 is 0 Å². The van der Waals surface area contributed by atoms with Gasteiger partial charge < -0.3 is 15.1 Å². The first-order valence-electron chi connectivity index (χ1n) is 13.0. The quantitative estimate of drug-likeness (QED) is 0.516. The molecule has 3 aromatic rings. The van der Waals surface area contributed by atoms with Crippen molar-refractivity contribution in [2.24, 2.45) is 0 Å². The Kier molecular flexibility index (Phi) is 7.04. The fourth-order valence-electron chi connectivity index (χ4n) is 5.80. The first kappa shape index (κ1) is 25.0. The van der Waals surface area contributed by atoms with E-state index in [1.54, 1.807) is 15.8 Å². The van der Waals surface area contributed by atoms with Gasteiger partial charge in [-0.15, -0.1) is 0 Å². The smallest absolute Gasteiger partial charge is 0.278 e. The largest absolute Gasteiger partial charge is 0.502 e. The third kappa shape index (κ3) is 4.30. The van der Waals surface area contributed by atoms with E-state index in [4.69, 9.17) is 0 Å². The molecule has 1 aromatic heterocycles. The summed E-state index contributed by atoms with van der Waals surface area (Å²) in [5, 5.41) is 22.9. The number of rotatable bonds is 7. The molecule has 0 saturated heterocycles. The van der Waals surface area contributed by atoms with E-state index < -0.39 is 23.3 Å². The lowest BCUT2D eigenvalue weighted by molar-refractivity contribution is 0.0427. The second-order valence-electron chi connectivity index (χ2n) is 9.59. The minimum Gasteiger partial charge on any atom is -0.502 e. The Hall–Kier alpha value is -3.62. The number of hydrogen-bond donors (Lipinski definition) is 2. The molecule has 1 unspecified atom stereocenters. The fourth-order valence-corrected chi connectivity index (χ4v) is 5.80. The average molecular weight is 503 g/mol. The van der Waals surface area contributed by atoms with Gasteiger partial charge in [-0.05, 0) is 48.2 Å². The lowest BCUT2D eigenvalue weighted by Crippen LogP contribution is -2.66. The van der Waals surface area contributed by atoms with Gasteiger partial charge in [-0.2, -0.15) is 0 Å². The van der Waals surface area contributed by atoms with Crippen LogP contribution in [-0.2, 0) is 12.8 Å². The molecule has 0 spiro atoms. The van der Waals surface area contributed by atoms with Crippen LogP contribution in [0.15, 0.2) is 65.6 Å². The van der Waals surface area contributed by atoms with Crippen LogP contribution in [0.1, 0.15) is 52.6 Å². The van der Waals surface area contributed by atoms with Gasteiger partial charge in [-0.3, -0.25) is 24.2 Å². The zero-order valence-electron chi connectivity index (χ0n) is 21.4. The maximum Gasteiger partial charge on any atom is 0.278 e. The molecule has 2 aromatic carbocycles. The molecule has 0 bridgehead atoms. The monoisotopic (exact) mass is 502 g/mol. The van der Waals surface area contributed by atoms with Gasteiger partial charge in [-0.25, -0.2) is 0 Å². The first-order valence-corrected chi connectivity index (χ1v) is 13.0. The molecule has 194 valence electrons. The van der Waals surface area contributed by atoms with Gasteiger partial charge in [0.1, 0.15) is 6.17 Å². The van der Waals surface area contributed by atoms with Gasteiger partial charge in [0.25, 0.3) is 5.91 Å². The number of hydrogen-bond acceptors (Lipinski definition) is 6. The van der Waals surface area contributed by atoms with Gasteiger partial charge in [0.05, 0.1) is 12.6 Å². The van der Waals surface area contributed by atoms with Crippen molar-refractivity contribution in [3.05, 3.63) is 99.0 Å². The molecule has 2 aliphatic rings. The second kappa shape index (κ2) is 10.4. The number of likely N-dealkylation sites (N-methyl/N-ethyl adjacent to an activating group) is 1. The van der Waals surface area contributed by atoms with E-state index in [1.807, 2.05) is 24.3 Å². The van der Waals surface area contributed by atoms with Crippen LogP contribution in [0.5, 0.6) is 5.75 Å². The number of aryl methyl sites for hydroxylation is 2. The minimum atomic E-state index is -0.604. The highest BCUT2D eigenvalue weighted by molar-refractivity contribution is 5.96. The van der Waals surface area contributed by atoms with E-state index in [0.717, 1.165) is 37.1 Å². The van der Waals surface area contributed by atoms with E-state index >= 15 is 0 Å². The van der Waals surface area contributed by atoms with E-state index in [0.29, 0.717) is 6.54 Å². The Morgan fingerprint density at radius 1 is 0.919 bits per heavy atom. The molecule has 1 atom stereocenters. The maximum absolute atomic E-state index is 13.8. The van der Waals surface area contributed by atoms with Crippen molar-refractivity contribution >= 4 is 5.91 Å². The summed E-state index contributed by atoms with van der Waals surface area (Å²) in [6.07, 6.45) is 2.91. The Labute approximate surface area is 217 Å². The Morgan fingerprint density at radius 3 is 2.08 bits per heavy atom. The number of aliphatic hydroxyl groups excluding tert-OH is 1. The molecule has 8 nitrogen and oxygen atoms in total. The van der Waals surface area contributed by atoms with E-state index in [1.165, 1.54) is 17.2 Å². The predicted molar refractivity (Wildman–Crippen MR) is 142 cm³/mol. The van der Waals surface area contributed by atoms with Crippen molar-refractivity contribution in [2.45, 2.75) is 38.9 Å². The summed E-state index contributed by atoms with van der Waals surface area (Å²) in [7, 11) is 0. The summed E-state index contributed by atoms with van der Waals surface area (Å²) >= 11 is 0. The van der Waals surface area contributed by atoms with Crippen molar-refractivity contribution in [1.82, 2.24) is 14.5 Å². The maximum atomic E-state index is 13.8. The molecular formula is C29H34N4O4. The number of nitrogens with zero attached hydrogens (tertiary/aromatic N) is 4. The molecule has 0 radical (unpaired) electrons. The molecule has 2 heterocycles. The summed E-state index contributed by atoms with van der Waals surface area (Å²) in [6, 6.07) is 17.7. The summed E-state index contributed by atoms with van der Waals surface area (Å²) in [6.45, 7) is 6.14. The molecule has 0 fully saturated rings. The number of aromatic hydroxyl groups is 1. The molecule has 1 aliphatic heterocycles. The molecule has 0 saturated carbocycles. The Balaban J connectivity index is 1.82. The van der Waals surface area contributed by atoms with Crippen LogP contribution in [0.3, 0.4) is 0 Å². The lowest BCUT2D eigenvalue weighted by atomic mass is 9.93. The number of aliphatic hydroxyl groups is 1. The molecule has 2 N–H and O–H groups in total. The minimum absolute atomic E-state index is 0.0732. The van der Waals surface area contributed by atoms with Crippen LogP contribution in [0.25, 0.3) is 0 Å². The highest BCUT2D eigenvalue weighted by atomic mass is 16.3. The topological polar surface area (TPSA) is 89.3 Å². The van der Waals surface area contributed by atoms with Crippen LogP contribution < -0.4 is 10.4 Å². The zero-order chi connectivity index (χ0) is 26.1. The Bertz CT molecular complexity index is 1300. The van der Waals surface area contributed by atoms with Crippen LogP contribution >= 0.6 is 0 Å². The standard InChI is InChI=1S/C29H34N4O4/c1-3-30(4-2)19-25-31(17-18-34)29(37)27-28(36)24(35)15-16-32(27)33(25)26-22-11-7-5-9-20(22)13-14-21-10-6-8-12-23(21)26/h5-12,15-16,25-26,34,36H,3-4,13-14,17-19H2,1-2H3. The normalized spacial score (nSPS) is 17.4. The van der Waals surface area contributed by atoms with Gasteiger partial charge in [0, 0.05) is 25.4 Å². The van der Waals surface area contributed by atoms with Crippen LogP contribution in [-0.4, -0.2) is 69.5 Å². The summed E-state index contributed by atoms with van der Waals surface area (Å²) in [5.74, 6) is -1.04. The highest BCUT2D eigenvalue weighted by Crippen LogP contribution is 2.40. The number of amides is 1. The first-order chi connectivity index (χ1) is 18.0. The Morgan fingerprint density at radius 2 is 1.51 bits per heavy atom. The predicted octanol–water partition coefficient (Wildman–Crippen LogP) is 2.50. The number of benzene rings is 2. The van der Waals surface area contributed by atoms with E-state index in [-0.39, 0.29) is 24.9 Å². The number of carbonyl (C=O) groups is 1. The zero-order valence-corrected chi connectivity index (χ0v) is 21.4. The molecule has 8 heteroatoms. The molecular weight excluding hydrogens is 468 g/mol. The number of pyridine rings is 1. The highest BCUT2D eigenvalue weighted by Gasteiger charge is 2.44. The van der Waals surface area contributed by atoms with Crippen molar-refractivity contribution in [3.63, 3.8) is 0 Å². The summed E-state index contributed by atoms with van der Waals surface area (Å²) in [5.41, 5.74) is 4.02. The number of aromatic nitrogens is 1. The van der Waals surface area contributed by atoms with Crippen molar-refractivity contribution in [3.8, 4) is 5.75 Å². The van der Waals surface area contributed by atoms with Gasteiger partial charge in [-0.1, -0.05) is 62.4 Å². The van der Waals surface area contributed by atoms with Crippen LogP contribution in [0, 0.1) is 0 Å². The van der Waals surface area contributed by atoms with Crippen molar-refractivity contribution in [1.29, 1.82) is 0 Å². The van der Waals surface area contributed by atoms with E-state index in [2.05, 4.69) is 48.0 Å². The number of fused-ring (bicyclic) bond motifs is 3. The molecule has 1 aliphatic carbocycles. The van der Waals surface area contributed by atoms with Crippen molar-refractivity contribution in [2.75, 3.05) is 37.8 Å². The van der Waals surface area contributed by atoms with Gasteiger partial charge in [0.2, 0.25) is 5.43 Å². The van der Waals surface area contributed by atoms with Crippen LogP contribution in [0.4, 0.5) is 0 Å². The lowest BCUT2D eigenvalue weighted by Gasteiger charge is -2.51. The summed E-state index contributed by atoms with van der Waals surface area (Å²) in [4.78, 5) is 30.1. The number of β-amino-alcohol motifs (C(OH)–C–C–N with tert-alkyl or cyclic N) is 1. The summed E-state index contributed by atoms with van der Waals surface area (Å²) < 4.78 is 1.67. The van der Waals surface area contributed by atoms with Gasteiger partial charge in [0.15, 0.2) is 11.4 Å². The van der Waals surface area contributed by atoms with Crippen LogP contribution in [0.2, 0.25) is 0 Å². The molecule has 1 amide bonds. The third-order valence-electron chi connectivity index (χ3n) is 7.72. The van der Waals surface area contributed by atoms with Crippen molar-refractivity contribution < 1.29 is 15.0 Å². The fraction of sp³-hybridized carbons (Fsp3) is 0.379. The average Bonchev–Trinajstić information content (AvgIpc) is 3.08. The molecule has 5 rings (SSSR count). The third-order valence-corrected chi connectivity index (χ3v) is 7.72. The second-order valence-corrected chi connectivity index (χ2v) is 9.59. The SMILES string of the molecule is CCN(CC)CC1N(CCO)C(=O)c2c(O)c(=O)ccn2N1C1c2ccccc2CCc2ccccc21. The van der Waals surface area contributed by atoms with E-state index in [9.17, 15) is 19.8 Å². The number of carbonyl (C=O) groups excluding carboxylic acids is 1. The molecule has 37 heavy (non-hydrogen) atoms.